The standard InChI is InChI=1S/C19H20F3N5/c1-13-4-3-7-27(16-6-2-5-14(8-16)9-23)17(13)12-26-18-24-10-15(11-25-18)19(20,21)22/h2,5-6,8,10-11,13,17H,3-4,7,12H2,1H3,(H,24,25,26)/t13-,17-/m1/s1. The molecule has 1 aromatic heterocycles. The highest BCUT2D eigenvalue weighted by Crippen LogP contribution is 2.30. The summed E-state index contributed by atoms with van der Waals surface area (Å²) in [6.07, 6.45) is -0.763. The van der Waals surface area contributed by atoms with Crippen LogP contribution in [0.3, 0.4) is 0 Å². The third kappa shape index (κ3) is 4.48. The molecule has 1 N–H and O–H groups in total. The maximum atomic E-state index is 12.6. The second-order valence-electron chi connectivity index (χ2n) is 6.72. The Hall–Kier alpha value is -2.82. The van der Waals surface area contributed by atoms with Gasteiger partial charge in [0.15, 0.2) is 0 Å². The average Bonchev–Trinajstić information content (AvgIpc) is 2.66. The Morgan fingerprint density at radius 1 is 1.30 bits per heavy atom. The smallest absolute Gasteiger partial charge is 0.366 e. The number of piperidine rings is 1. The fourth-order valence-corrected chi connectivity index (χ4v) is 3.40. The number of nitrogens with one attached hydrogen (secondary N) is 1. The molecule has 0 radical (unpaired) electrons. The molecule has 8 heteroatoms. The van der Waals surface area contributed by atoms with Crippen molar-refractivity contribution < 1.29 is 13.2 Å². The Labute approximate surface area is 155 Å². The van der Waals surface area contributed by atoms with E-state index in [1.165, 1.54) is 0 Å². The van der Waals surface area contributed by atoms with E-state index in [-0.39, 0.29) is 12.0 Å². The summed E-state index contributed by atoms with van der Waals surface area (Å²) in [4.78, 5) is 9.79. The van der Waals surface area contributed by atoms with Crippen LogP contribution >= 0.6 is 0 Å². The first-order chi connectivity index (χ1) is 12.9. The number of alkyl halides is 3. The fourth-order valence-electron chi connectivity index (χ4n) is 3.40. The molecule has 1 aliphatic heterocycles. The first-order valence-electron chi connectivity index (χ1n) is 8.78. The van der Waals surface area contributed by atoms with Crippen LogP contribution in [0.2, 0.25) is 0 Å². The molecule has 0 aliphatic carbocycles. The van der Waals surface area contributed by atoms with Gasteiger partial charge in [-0.2, -0.15) is 18.4 Å². The molecule has 2 atom stereocenters. The van der Waals surface area contributed by atoms with Gasteiger partial charge in [-0.25, -0.2) is 9.97 Å². The van der Waals surface area contributed by atoms with Gasteiger partial charge in [0, 0.05) is 37.2 Å². The topological polar surface area (TPSA) is 64.8 Å². The van der Waals surface area contributed by atoms with Gasteiger partial charge in [0.2, 0.25) is 5.95 Å². The van der Waals surface area contributed by atoms with Gasteiger partial charge in [-0.15, -0.1) is 0 Å². The van der Waals surface area contributed by atoms with Crippen LogP contribution in [0.1, 0.15) is 30.9 Å². The summed E-state index contributed by atoms with van der Waals surface area (Å²) < 4.78 is 37.9. The molecule has 0 unspecified atom stereocenters. The molecule has 27 heavy (non-hydrogen) atoms. The summed E-state index contributed by atoms with van der Waals surface area (Å²) >= 11 is 0. The molecule has 0 spiro atoms. The molecule has 142 valence electrons. The predicted octanol–water partition coefficient (Wildman–Crippen LogP) is 4.08. The van der Waals surface area contributed by atoms with Crippen molar-refractivity contribution in [3.05, 3.63) is 47.8 Å². The van der Waals surface area contributed by atoms with E-state index in [1.807, 2.05) is 18.2 Å². The van der Waals surface area contributed by atoms with Crippen molar-refractivity contribution in [3.63, 3.8) is 0 Å². The zero-order chi connectivity index (χ0) is 19.4. The summed E-state index contributed by atoms with van der Waals surface area (Å²) in [6, 6.07) is 9.73. The zero-order valence-corrected chi connectivity index (χ0v) is 14.9. The van der Waals surface area contributed by atoms with Crippen LogP contribution in [-0.2, 0) is 6.18 Å². The van der Waals surface area contributed by atoms with Gasteiger partial charge in [0.1, 0.15) is 0 Å². The summed E-state index contributed by atoms with van der Waals surface area (Å²) in [6.45, 7) is 3.52. The summed E-state index contributed by atoms with van der Waals surface area (Å²) in [5.74, 6) is 0.554. The number of benzene rings is 1. The van der Waals surface area contributed by atoms with Crippen LogP contribution < -0.4 is 10.2 Å². The molecule has 1 aromatic carbocycles. The van der Waals surface area contributed by atoms with E-state index in [0.29, 0.717) is 18.0 Å². The molecule has 2 aromatic rings. The lowest BCUT2D eigenvalue weighted by Crippen LogP contribution is -2.48. The van der Waals surface area contributed by atoms with Crippen molar-refractivity contribution in [2.75, 3.05) is 23.3 Å². The lowest BCUT2D eigenvalue weighted by Gasteiger charge is -2.41. The molecule has 0 amide bonds. The molecule has 1 aliphatic rings. The molecule has 0 saturated carbocycles. The summed E-state index contributed by atoms with van der Waals surface area (Å²) in [5, 5.41) is 12.2. The summed E-state index contributed by atoms with van der Waals surface area (Å²) in [7, 11) is 0. The van der Waals surface area contributed by atoms with Crippen molar-refractivity contribution >= 4 is 11.6 Å². The van der Waals surface area contributed by atoms with Crippen LogP contribution in [0, 0.1) is 17.2 Å². The molecule has 1 saturated heterocycles. The third-order valence-corrected chi connectivity index (χ3v) is 4.87. The number of hydrogen-bond donors (Lipinski definition) is 1. The lowest BCUT2D eigenvalue weighted by molar-refractivity contribution is -0.138. The molecule has 3 rings (SSSR count). The van der Waals surface area contributed by atoms with E-state index in [0.717, 1.165) is 37.5 Å². The van der Waals surface area contributed by atoms with Gasteiger partial charge in [-0.3, -0.25) is 0 Å². The average molecular weight is 375 g/mol. The molecular weight excluding hydrogens is 355 g/mol. The van der Waals surface area contributed by atoms with E-state index in [4.69, 9.17) is 5.26 Å². The van der Waals surface area contributed by atoms with Gasteiger partial charge >= 0.3 is 6.18 Å². The van der Waals surface area contributed by atoms with Crippen molar-refractivity contribution in [1.29, 1.82) is 5.26 Å². The zero-order valence-electron chi connectivity index (χ0n) is 14.9. The van der Waals surface area contributed by atoms with E-state index in [1.54, 1.807) is 6.07 Å². The van der Waals surface area contributed by atoms with Crippen LogP contribution in [0.25, 0.3) is 0 Å². The van der Waals surface area contributed by atoms with Crippen LogP contribution in [0.5, 0.6) is 0 Å². The Morgan fingerprint density at radius 3 is 2.70 bits per heavy atom. The molecule has 1 fully saturated rings. The van der Waals surface area contributed by atoms with Crippen molar-refractivity contribution in [2.24, 2.45) is 5.92 Å². The number of halogens is 3. The Bertz CT molecular complexity index is 813. The van der Waals surface area contributed by atoms with Gasteiger partial charge in [0.25, 0.3) is 0 Å². The van der Waals surface area contributed by atoms with E-state index in [9.17, 15) is 13.2 Å². The summed E-state index contributed by atoms with van der Waals surface area (Å²) in [5.41, 5.74) is 0.707. The number of rotatable bonds is 4. The normalized spacial score (nSPS) is 20.2. The third-order valence-electron chi connectivity index (χ3n) is 4.87. The first-order valence-corrected chi connectivity index (χ1v) is 8.78. The van der Waals surface area contributed by atoms with Crippen molar-refractivity contribution in [2.45, 2.75) is 32.0 Å². The quantitative estimate of drug-likeness (QED) is 0.872. The predicted molar refractivity (Wildman–Crippen MR) is 96.2 cm³/mol. The SMILES string of the molecule is C[C@@H]1CCCN(c2cccc(C#N)c2)[C@@H]1CNc1ncc(C(F)(F)F)cn1. The largest absolute Gasteiger partial charge is 0.419 e. The van der Waals surface area contributed by atoms with E-state index >= 15 is 0 Å². The second-order valence-corrected chi connectivity index (χ2v) is 6.72. The minimum absolute atomic E-state index is 0.124. The molecule has 5 nitrogen and oxygen atoms in total. The number of aromatic nitrogens is 2. The minimum Gasteiger partial charge on any atom is -0.366 e. The van der Waals surface area contributed by atoms with Crippen LogP contribution in [-0.4, -0.2) is 29.1 Å². The Balaban J connectivity index is 1.73. The second kappa shape index (κ2) is 7.82. The van der Waals surface area contributed by atoms with Crippen molar-refractivity contribution in [1.82, 2.24) is 9.97 Å². The molecule has 0 bridgehead atoms. The lowest BCUT2D eigenvalue weighted by atomic mass is 9.90. The van der Waals surface area contributed by atoms with Crippen molar-refractivity contribution in [3.8, 4) is 6.07 Å². The number of hydrogen-bond acceptors (Lipinski definition) is 5. The molecular formula is C19H20F3N5. The minimum atomic E-state index is -4.45. The fraction of sp³-hybridized carbons (Fsp3) is 0.421. The van der Waals surface area contributed by atoms with Gasteiger partial charge < -0.3 is 10.2 Å². The van der Waals surface area contributed by atoms with Gasteiger partial charge in [-0.1, -0.05) is 13.0 Å². The van der Waals surface area contributed by atoms with Crippen LogP contribution in [0.4, 0.5) is 24.8 Å². The Kier molecular flexibility index (Phi) is 5.49. The first kappa shape index (κ1) is 19.0. The highest BCUT2D eigenvalue weighted by molar-refractivity contribution is 5.53. The molecule has 2 heterocycles. The maximum Gasteiger partial charge on any atom is 0.419 e. The van der Waals surface area contributed by atoms with E-state index < -0.39 is 11.7 Å². The number of anilines is 2. The van der Waals surface area contributed by atoms with Crippen LogP contribution in [0.15, 0.2) is 36.7 Å². The highest BCUT2D eigenvalue weighted by atomic mass is 19.4. The number of nitrogens with zero attached hydrogens (tertiary/aromatic N) is 4. The Morgan fingerprint density at radius 2 is 2.04 bits per heavy atom. The highest BCUT2D eigenvalue weighted by Gasteiger charge is 2.32. The van der Waals surface area contributed by atoms with Gasteiger partial charge in [-0.05, 0) is 37.0 Å². The number of nitriles is 1. The van der Waals surface area contributed by atoms with Gasteiger partial charge in [0.05, 0.1) is 17.2 Å². The monoisotopic (exact) mass is 375 g/mol. The van der Waals surface area contributed by atoms with E-state index in [2.05, 4.69) is 33.2 Å². The maximum absolute atomic E-state index is 12.6.